The molecule has 0 aromatic carbocycles. The van der Waals surface area contributed by atoms with Crippen LogP contribution in [0.3, 0.4) is 0 Å². The largest absolute Gasteiger partial charge is 0.481 e. The summed E-state index contributed by atoms with van der Waals surface area (Å²) in [6, 6.07) is 0. The lowest BCUT2D eigenvalue weighted by Gasteiger charge is -2.14. The van der Waals surface area contributed by atoms with Crippen LogP contribution in [0, 0.1) is 5.92 Å². The van der Waals surface area contributed by atoms with Crippen LogP contribution in [0.15, 0.2) is 0 Å². The zero-order valence-electron chi connectivity index (χ0n) is 8.74. The summed E-state index contributed by atoms with van der Waals surface area (Å²) in [6.45, 7) is 3.21. The van der Waals surface area contributed by atoms with E-state index in [0.29, 0.717) is 12.3 Å². The lowest BCUT2D eigenvalue weighted by atomic mass is 10.1. The van der Waals surface area contributed by atoms with Gasteiger partial charge in [-0.25, -0.2) is 0 Å². The van der Waals surface area contributed by atoms with Gasteiger partial charge in [0.15, 0.2) is 0 Å². The number of carboxylic acids is 1. The van der Waals surface area contributed by atoms with Crippen molar-refractivity contribution in [2.24, 2.45) is 5.92 Å². The molecule has 1 heterocycles. The number of carboxylic acid groups (broad SMARTS) is 1. The molecule has 0 saturated carbocycles. The molecule has 1 unspecified atom stereocenters. The van der Waals surface area contributed by atoms with Crippen LogP contribution in [0.1, 0.15) is 19.3 Å². The molecule has 82 valence electrons. The zero-order valence-corrected chi connectivity index (χ0v) is 9.55. The summed E-state index contributed by atoms with van der Waals surface area (Å²) in [7, 11) is 0. The van der Waals surface area contributed by atoms with Crippen molar-refractivity contribution in [3.8, 4) is 0 Å². The second-order valence-corrected chi connectivity index (χ2v) is 4.89. The van der Waals surface area contributed by atoms with E-state index in [4.69, 9.17) is 5.11 Å². The number of hydrogen-bond donors (Lipinski definition) is 1. The summed E-state index contributed by atoms with van der Waals surface area (Å²) < 4.78 is 0. The lowest BCUT2D eigenvalue weighted by Crippen LogP contribution is -2.22. The highest BCUT2D eigenvalue weighted by atomic mass is 32.2. The standard InChI is InChI=1S/C10H19NO2S/c1-14-6-2-4-11-5-3-9(8-11)7-10(12)13/h9H,2-8H2,1H3,(H,12,13). The summed E-state index contributed by atoms with van der Waals surface area (Å²) in [6.07, 6.45) is 4.75. The second kappa shape index (κ2) is 6.30. The Morgan fingerprint density at radius 2 is 2.43 bits per heavy atom. The molecule has 1 saturated heterocycles. The number of rotatable bonds is 6. The van der Waals surface area contributed by atoms with Gasteiger partial charge < -0.3 is 10.0 Å². The van der Waals surface area contributed by atoms with Crippen molar-refractivity contribution in [2.75, 3.05) is 31.6 Å². The van der Waals surface area contributed by atoms with Gasteiger partial charge in [0.2, 0.25) is 0 Å². The van der Waals surface area contributed by atoms with Crippen molar-refractivity contribution in [2.45, 2.75) is 19.3 Å². The van der Waals surface area contributed by atoms with Crippen LogP contribution in [-0.2, 0) is 4.79 Å². The summed E-state index contributed by atoms with van der Waals surface area (Å²) in [5, 5.41) is 8.65. The third kappa shape index (κ3) is 4.33. The van der Waals surface area contributed by atoms with Crippen molar-refractivity contribution in [1.82, 2.24) is 4.90 Å². The molecule has 1 aliphatic heterocycles. The van der Waals surface area contributed by atoms with Gasteiger partial charge in [-0.1, -0.05) is 0 Å². The molecule has 3 nitrogen and oxygen atoms in total. The molecular weight excluding hydrogens is 198 g/mol. The molecular formula is C10H19NO2S. The van der Waals surface area contributed by atoms with Crippen LogP contribution in [0.25, 0.3) is 0 Å². The molecule has 0 aliphatic carbocycles. The highest BCUT2D eigenvalue weighted by Gasteiger charge is 2.23. The fourth-order valence-electron chi connectivity index (χ4n) is 1.96. The van der Waals surface area contributed by atoms with E-state index in [-0.39, 0.29) is 0 Å². The van der Waals surface area contributed by atoms with E-state index in [1.54, 1.807) is 0 Å². The Labute approximate surface area is 89.9 Å². The maximum atomic E-state index is 10.5. The third-order valence-corrected chi connectivity index (χ3v) is 3.35. The molecule has 0 bridgehead atoms. The first-order chi connectivity index (χ1) is 6.72. The number of hydrogen-bond acceptors (Lipinski definition) is 3. The van der Waals surface area contributed by atoms with Crippen molar-refractivity contribution in [3.63, 3.8) is 0 Å². The van der Waals surface area contributed by atoms with Gasteiger partial charge >= 0.3 is 5.97 Å². The van der Waals surface area contributed by atoms with Crippen LogP contribution in [0.2, 0.25) is 0 Å². The number of aliphatic carboxylic acids is 1. The van der Waals surface area contributed by atoms with Gasteiger partial charge in [0.1, 0.15) is 0 Å². The number of carbonyl (C=O) groups is 1. The Morgan fingerprint density at radius 3 is 3.07 bits per heavy atom. The Kier molecular flexibility index (Phi) is 5.33. The van der Waals surface area contributed by atoms with Gasteiger partial charge in [-0.15, -0.1) is 0 Å². The van der Waals surface area contributed by atoms with Gasteiger partial charge in [-0.3, -0.25) is 4.79 Å². The zero-order chi connectivity index (χ0) is 10.4. The van der Waals surface area contributed by atoms with Crippen molar-refractivity contribution in [3.05, 3.63) is 0 Å². The van der Waals surface area contributed by atoms with Crippen LogP contribution in [-0.4, -0.2) is 47.6 Å². The molecule has 1 aliphatic rings. The van der Waals surface area contributed by atoms with Gasteiger partial charge in [0.25, 0.3) is 0 Å². The molecule has 0 amide bonds. The number of thioether (sulfide) groups is 1. The maximum Gasteiger partial charge on any atom is 0.303 e. The van der Waals surface area contributed by atoms with Gasteiger partial charge in [0.05, 0.1) is 0 Å². The van der Waals surface area contributed by atoms with E-state index in [0.717, 1.165) is 26.1 Å². The maximum absolute atomic E-state index is 10.5. The fraction of sp³-hybridized carbons (Fsp3) is 0.900. The van der Waals surface area contributed by atoms with E-state index in [2.05, 4.69) is 11.2 Å². The first kappa shape index (κ1) is 11.9. The predicted octanol–water partition coefficient (Wildman–Crippen LogP) is 1.54. The van der Waals surface area contributed by atoms with E-state index in [9.17, 15) is 4.79 Å². The Balaban J connectivity index is 2.11. The second-order valence-electron chi connectivity index (χ2n) is 3.90. The van der Waals surface area contributed by atoms with Crippen molar-refractivity contribution < 1.29 is 9.90 Å². The molecule has 0 aromatic heterocycles. The van der Waals surface area contributed by atoms with Crippen LogP contribution < -0.4 is 0 Å². The Bertz CT molecular complexity index is 187. The van der Waals surface area contributed by atoms with E-state index in [1.807, 2.05) is 11.8 Å². The van der Waals surface area contributed by atoms with Gasteiger partial charge in [-0.05, 0) is 43.9 Å². The average molecular weight is 217 g/mol. The quantitative estimate of drug-likeness (QED) is 0.685. The normalized spacial score (nSPS) is 22.8. The van der Waals surface area contributed by atoms with E-state index in [1.165, 1.54) is 12.2 Å². The summed E-state index contributed by atoms with van der Waals surface area (Å²) in [5.41, 5.74) is 0. The molecule has 1 fully saturated rings. The number of nitrogens with zero attached hydrogens (tertiary/aromatic N) is 1. The third-order valence-electron chi connectivity index (χ3n) is 2.66. The minimum absolute atomic E-state index is 0.346. The summed E-state index contributed by atoms with van der Waals surface area (Å²) in [4.78, 5) is 12.9. The van der Waals surface area contributed by atoms with Gasteiger partial charge in [-0.2, -0.15) is 11.8 Å². The highest BCUT2D eigenvalue weighted by molar-refractivity contribution is 7.98. The molecule has 0 aromatic rings. The lowest BCUT2D eigenvalue weighted by molar-refractivity contribution is -0.138. The monoisotopic (exact) mass is 217 g/mol. The van der Waals surface area contributed by atoms with E-state index < -0.39 is 5.97 Å². The SMILES string of the molecule is CSCCCN1CCC(CC(=O)O)C1. The first-order valence-electron chi connectivity index (χ1n) is 5.15. The molecule has 4 heteroatoms. The summed E-state index contributed by atoms with van der Waals surface area (Å²) in [5.74, 6) is 0.947. The molecule has 1 rings (SSSR count). The summed E-state index contributed by atoms with van der Waals surface area (Å²) >= 11 is 1.88. The molecule has 0 spiro atoms. The minimum atomic E-state index is -0.652. The van der Waals surface area contributed by atoms with Gasteiger partial charge in [0, 0.05) is 13.0 Å². The Hall–Kier alpha value is -0.220. The topological polar surface area (TPSA) is 40.5 Å². The van der Waals surface area contributed by atoms with Crippen molar-refractivity contribution in [1.29, 1.82) is 0 Å². The smallest absolute Gasteiger partial charge is 0.303 e. The fourth-order valence-corrected chi connectivity index (χ4v) is 2.38. The first-order valence-corrected chi connectivity index (χ1v) is 6.55. The van der Waals surface area contributed by atoms with Crippen molar-refractivity contribution >= 4 is 17.7 Å². The number of likely N-dealkylation sites (tertiary alicyclic amines) is 1. The highest BCUT2D eigenvalue weighted by Crippen LogP contribution is 2.19. The van der Waals surface area contributed by atoms with Crippen LogP contribution >= 0.6 is 11.8 Å². The molecule has 0 radical (unpaired) electrons. The molecule has 1 atom stereocenters. The predicted molar refractivity (Wildman–Crippen MR) is 59.8 cm³/mol. The molecule has 1 N–H and O–H groups in total. The van der Waals surface area contributed by atoms with E-state index >= 15 is 0 Å². The van der Waals surface area contributed by atoms with Crippen LogP contribution in [0.4, 0.5) is 0 Å². The average Bonchev–Trinajstić information content (AvgIpc) is 2.52. The minimum Gasteiger partial charge on any atom is -0.481 e. The van der Waals surface area contributed by atoms with Crippen LogP contribution in [0.5, 0.6) is 0 Å². The Morgan fingerprint density at radius 1 is 1.64 bits per heavy atom. The molecule has 14 heavy (non-hydrogen) atoms.